The Morgan fingerprint density at radius 2 is 1.82 bits per heavy atom. The van der Waals surface area contributed by atoms with Crippen LogP contribution in [0.4, 0.5) is 5.13 Å². The lowest BCUT2D eigenvalue weighted by Crippen LogP contribution is -2.30. The maximum absolute atomic E-state index is 13.2. The fourth-order valence-corrected chi connectivity index (χ4v) is 4.75. The second-order valence-corrected chi connectivity index (χ2v) is 8.82. The Bertz CT molecular complexity index is 1330. The SMILES string of the molecule is COC(=O)c1sc(N2C(=O)C(O)=C(C(=O)/C=C/c3ccccc3)C2c2ccc(Cl)cc2)nc1C. The number of esters is 1. The number of methoxy groups -OCH3 is 1. The van der Waals surface area contributed by atoms with Crippen molar-refractivity contribution in [3.8, 4) is 0 Å². The summed E-state index contributed by atoms with van der Waals surface area (Å²) in [7, 11) is 1.25. The summed E-state index contributed by atoms with van der Waals surface area (Å²) in [4.78, 5) is 44.3. The van der Waals surface area contributed by atoms with Crippen LogP contribution in [0.1, 0.15) is 32.5 Å². The number of hydrogen-bond acceptors (Lipinski definition) is 7. The van der Waals surface area contributed by atoms with Crippen molar-refractivity contribution < 1.29 is 24.2 Å². The van der Waals surface area contributed by atoms with Crippen molar-refractivity contribution in [2.24, 2.45) is 0 Å². The van der Waals surface area contributed by atoms with E-state index in [0.29, 0.717) is 16.3 Å². The highest BCUT2D eigenvalue weighted by atomic mass is 35.5. The van der Waals surface area contributed by atoms with Gasteiger partial charge >= 0.3 is 5.97 Å². The smallest absolute Gasteiger partial charge is 0.350 e. The number of carbonyl (C=O) groups excluding carboxylic acids is 3. The van der Waals surface area contributed by atoms with Crippen LogP contribution in [-0.2, 0) is 14.3 Å². The van der Waals surface area contributed by atoms with Gasteiger partial charge in [0.2, 0.25) is 0 Å². The third-order valence-electron chi connectivity index (χ3n) is 5.25. The van der Waals surface area contributed by atoms with Gasteiger partial charge in [0.05, 0.1) is 24.4 Å². The molecule has 2 aromatic carbocycles. The molecule has 1 aliphatic heterocycles. The average Bonchev–Trinajstić information content (AvgIpc) is 3.35. The summed E-state index contributed by atoms with van der Waals surface area (Å²) in [5.41, 5.74) is 1.62. The van der Waals surface area contributed by atoms with Crippen molar-refractivity contribution in [3.63, 3.8) is 0 Å². The summed E-state index contributed by atoms with van der Waals surface area (Å²) in [5, 5.41) is 11.4. The number of thiazole rings is 1. The van der Waals surface area contributed by atoms with Gasteiger partial charge < -0.3 is 9.84 Å². The number of allylic oxidation sites excluding steroid dienone is 1. The molecule has 1 N–H and O–H groups in total. The van der Waals surface area contributed by atoms with E-state index >= 15 is 0 Å². The molecule has 1 aromatic heterocycles. The van der Waals surface area contributed by atoms with Crippen LogP contribution in [0.25, 0.3) is 6.08 Å². The number of rotatable bonds is 6. The number of aryl methyl sites for hydroxylation is 1. The number of nitrogens with zero attached hydrogens (tertiary/aromatic N) is 2. The molecule has 0 aliphatic carbocycles. The predicted octanol–water partition coefficient (Wildman–Crippen LogP) is 5.07. The van der Waals surface area contributed by atoms with E-state index in [2.05, 4.69) is 4.98 Å². The van der Waals surface area contributed by atoms with E-state index < -0.39 is 29.5 Å². The molecule has 34 heavy (non-hydrogen) atoms. The Balaban J connectivity index is 1.80. The zero-order valence-corrected chi connectivity index (χ0v) is 19.8. The Hall–Kier alpha value is -3.75. The molecule has 9 heteroatoms. The maximum atomic E-state index is 13.2. The number of anilines is 1. The van der Waals surface area contributed by atoms with Gasteiger partial charge in [-0.25, -0.2) is 9.78 Å². The lowest BCUT2D eigenvalue weighted by atomic mass is 9.96. The summed E-state index contributed by atoms with van der Waals surface area (Å²) in [6.45, 7) is 1.62. The van der Waals surface area contributed by atoms with Crippen molar-refractivity contribution in [2.45, 2.75) is 13.0 Å². The minimum absolute atomic E-state index is 0.0908. The highest BCUT2D eigenvalue weighted by molar-refractivity contribution is 7.17. The highest BCUT2D eigenvalue weighted by Gasteiger charge is 2.45. The van der Waals surface area contributed by atoms with E-state index in [1.807, 2.05) is 30.3 Å². The third-order valence-corrected chi connectivity index (χ3v) is 6.64. The van der Waals surface area contributed by atoms with Crippen LogP contribution >= 0.6 is 22.9 Å². The number of ether oxygens (including phenoxy) is 1. The molecule has 1 aliphatic rings. The number of benzene rings is 2. The van der Waals surface area contributed by atoms with Crippen LogP contribution in [0.3, 0.4) is 0 Å². The molecular formula is C25H19ClN2O5S. The molecular weight excluding hydrogens is 476 g/mol. The fraction of sp³-hybridized carbons (Fsp3) is 0.120. The molecule has 1 atom stereocenters. The Morgan fingerprint density at radius 1 is 1.15 bits per heavy atom. The van der Waals surface area contributed by atoms with Gasteiger partial charge in [-0.1, -0.05) is 71.5 Å². The molecule has 0 saturated heterocycles. The van der Waals surface area contributed by atoms with E-state index in [0.717, 1.165) is 16.9 Å². The second-order valence-electron chi connectivity index (χ2n) is 7.40. The van der Waals surface area contributed by atoms with Crippen LogP contribution in [0.2, 0.25) is 5.02 Å². The zero-order valence-electron chi connectivity index (χ0n) is 18.2. The number of halogens is 1. The quantitative estimate of drug-likeness (QED) is 0.379. The van der Waals surface area contributed by atoms with E-state index in [1.165, 1.54) is 18.1 Å². The lowest BCUT2D eigenvalue weighted by molar-refractivity contribution is -0.117. The molecule has 172 valence electrons. The number of aliphatic hydroxyl groups excluding tert-OH is 1. The summed E-state index contributed by atoms with van der Waals surface area (Å²) in [6, 6.07) is 14.8. The van der Waals surface area contributed by atoms with Gasteiger partial charge in [-0.2, -0.15) is 0 Å². The summed E-state index contributed by atoms with van der Waals surface area (Å²) in [5.74, 6) is -2.58. The Morgan fingerprint density at radius 3 is 2.47 bits per heavy atom. The first-order chi connectivity index (χ1) is 16.3. The molecule has 0 spiro atoms. The molecule has 1 amide bonds. The molecule has 0 radical (unpaired) electrons. The molecule has 0 fully saturated rings. The Kier molecular flexibility index (Phi) is 6.63. The van der Waals surface area contributed by atoms with Gasteiger partial charge in [0.1, 0.15) is 4.88 Å². The van der Waals surface area contributed by atoms with E-state index in [4.69, 9.17) is 16.3 Å². The van der Waals surface area contributed by atoms with Gasteiger partial charge in [-0.05, 0) is 36.3 Å². The van der Waals surface area contributed by atoms with Crippen LogP contribution in [0.5, 0.6) is 0 Å². The van der Waals surface area contributed by atoms with E-state index in [-0.39, 0.29) is 15.6 Å². The van der Waals surface area contributed by atoms with Gasteiger partial charge in [-0.15, -0.1) is 0 Å². The monoisotopic (exact) mass is 494 g/mol. The van der Waals surface area contributed by atoms with Crippen molar-refractivity contribution >= 4 is 51.8 Å². The number of ketones is 1. The zero-order chi connectivity index (χ0) is 24.4. The standard InChI is InChI=1S/C25H19ClN2O5S/c1-14-22(24(32)33-2)34-25(27-14)28-20(16-9-11-17(26)12-10-16)19(21(30)23(28)31)18(29)13-8-15-6-4-3-5-7-15/h3-13,20,30H,1-2H3/b13-8+. The topological polar surface area (TPSA) is 96.8 Å². The van der Waals surface area contributed by atoms with Crippen molar-refractivity contribution in [3.05, 3.63) is 98.7 Å². The fourth-order valence-electron chi connectivity index (χ4n) is 3.61. The van der Waals surface area contributed by atoms with Crippen LogP contribution in [0.15, 0.2) is 72.0 Å². The Labute approximate surface area is 204 Å². The van der Waals surface area contributed by atoms with E-state index in [1.54, 1.807) is 37.3 Å². The number of hydrogen-bond donors (Lipinski definition) is 1. The van der Waals surface area contributed by atoms with Crippen LogP contribution in [-0.4, -0.2) is 34.9 Å². The van der Waals surface area contributed by atoms with Gasteiger partial charge in [0.15, 0.2) is 16.7 Å². The van der Waals surface area contributed by atoms with Crippen LogP contribution in [0, 0.1) is 6.92 Å². The van der Waals surface area contributed by atoms with Gasteiger partial charge in [-0.3, -0.25) is 14.5 Å². The van der Waals surface area contributed by atoms with Crippen molar-refractivity contribution in [1.82, 2.24) is 4.98 Å². The van der Waals surface area contributed by atoms with Crippen molar-refractivity contribution in [2.75, 3.05) is 12.0 Å². The van der Waals surface area contributed by atoms with E-state index in [9.17, 15) is 19.5 Å². The first-order valence-corrected chi connectivity index (χ1v) is 11.4. The molecule has 2 heterocycles. The molecule has 7 nitrogen and oxygen atoms in total. The van der Waals surface area contributed by atoms with Gasteiger partial charge in [0, 0.05) is 5.02 Å². The van der Waals surface area contributed by atoms with Gasteiger partial charge in [0.25, 0.3) is 5.91 Å². The second kappa shape index (κ2) is 9.62. The average molecular weight is 495 g/mol. The summed E-state index contributed by atoms with van der Waals surface area (Å²) < 4.78 is 4.79. The largest absolute Gasteiger partial charge is 0.503 e. The van der Waals surface area contributed by atoms with Crippen LogP contribution < -0.4 is 4.90 Å². The summed E-state index contributed by atoms with van der Waals surface area (Å²) in [6.07, 6.45) is 2.92. The summed E-state index contributed by atoms with van der Waals surface area (Å²) >= 11 is 6.99. The molecule has 3 aromatic rings. The number of amides is 1. The molecule has 1 unspecified atom stereocenters. The minimum atomic E-state index is -0.964. The van der Waals surface area contributed by atoms with Crippen molar-refractivity contribution in [1.29, 1.82) is 0 Å². The lowest BCUT2D eigenvalue weighted by Gasteiger charge is -2.24. The predicted molar refractivity (Wildman–Crippen MR) is 130 cm³/mol. The molecule has 0 bridgehead atoms. The normalized spacial score (nSPS) is 15.9. The first-order valence-electron chi connectivity index (χ1n) is 10.2. The number of aromatic nitrogens is 1. The minimum Gasteiger partial charge on any atom is -0.503 e. The first kappa shape index (κ1) is 23.4. The highest BCUT2D eigenvalue weighted by Crippen LogP contribution is 2.43. The third kappa shape index (κ3) is 4.37. The maximum Gasteiger partial charge on any atom is 0.350 e. The number of aliphatic hydroxyl groups is 1. The number of carbonyl (C=O) groups is 3. The molecule has 4 rings (SSSR count). The molecule has 0 saturated carbocycles.